The van der Waals surface area contributed by atoms with Gasteiger partial charge in [-0.25, -0.2) is 0 Å². The SMILES string of the molecule is Cc1ccc(O)c(C(=O)NC2CNCC2C)c1. The fourth-order valence-electron chi connectivity index (χ4n) is 2.08. The van der Waals surface area contributed by atoms with Crippen LogP contribution in [0.25, 0.3) is 0 Å². The van der Waals surface area contributed by atoms with Gasteiger partial charge in [-0.05, 0) is 31.5 Å². The van der Waals surface area contributed by atoms with Crippen LogP contribution in [0.5, 0.6) is 5.75 Å². The molecule has 0 aromatic heterocycles. The summed E-state index contributed by atoms with van der Waals surface area (Å²) < 4.78 is 0. The summed E-state index contributed by atoms with van der Waals surface area (Å²) in [5.74, 6) is 0.254. The van der Waals surface area contributed by atoms with Gasteiger partial charge in [-0.15, -0.1) is 0 Å². The Hall–Kier alpha value is -1.55. The minimum Gasteiger partial charge on any atom is -0.507 e. The Morgan fingerprint density at radius 1 is 1.47 bits per heavy atom. The lowest BCUT2D eigenvalue weighted by Gasteiger charge is -2.16. The van der Waals surface area contributed by atoms with E-state index in [0.29, 0.717) is 11.5 Å². The number of phenolic OH excluding ortho intramolecular Hbond substituents is 1. The molecule has 2 rings (SSSR count). The fourth-order valence-corrected chi connectivity index (χ4v) is 2.08. The number of phenols is 1. The van der Waals surface area contributed by atoms with Crippen molar-refractivity contribution >= 4 is 5.91 Å². The number of aryl methyl sites for hydroxylation is 1. The number of hydrogen-bond donors (Lipinski definition) is 3. The first kappa shape index (κ1) is 11.9. The molecule has 1 amide bonds. The lowest BCUT2D eigenvalue weighted by atomic mass is 10.0. The molecule has 0 radical (unpaired) electrons. The Balaban J connectivity index is 2.11. The molecule has 0 saturated carbocycles. The quantitative estimate of drug-likeness (QED) is 0.716. The molecule has 4 heteroatoms. The third-order valence-corrected chi connectivity index (χ3v) is 3.23. The predicted molar refractivity (Wildman–Crippen MR) is 66.1 cm³/mol. The molecular weight excluding hydrogens is 216 g/mol. The highest BCUT2D eigenvalue weighted by Crippen LogP contribution is 2.19. The standard InChI is InChI=1S/C13H18N2O2/c1-8-3-4-12(16)10(5-8)13(17)15-11-7-14-6-9(11)2/h3-5,9,11,14,16H,6-7H2,1-2H3,(H,15,17). The normalized spacial score (nSPS) is 23.6. The Bertz CT molecular complexity index is 431. The van der Waals surface area contributed by atoms with E-state index in [9.17, 15) is 9.90 Å². The summed E-state index contributed by atoms with van der Waals surface area (Å²) in [7, 11) is 0. The molecule has 1 aromatic rings. The fraction of sp³-hybridized carbons (Fsp3) is 0.462. The molecule has 4 nitrogen and oxygen atoms in total. The van der Waals surface area contributed by atoms with E-state index < -0.39 is 0 Å². The number of rotatable bonds is 2. The Labute approximate surface area is 101 Å². The highest BCUT2D eigenvalue weighted by Gasteiger charge is 2.25. The number of carbonyl (C=O) groups is 1. The molecule has 3 N–H and O–H groups in total. The van der Waals surface area contributed by atoms with Crippen LogP contribution in [0.2, 0.25) is 0 Å². The molecule has 1 aliphatic rings. The zero-order chi connectivity index (χ0) is 12.4. The van der Waals surface area contributed by atoms with Gasteiger partial charge in [-0.2, -0.15) is 0 Å². The van der Waals surface area contributed by atoms with Gasteiger partial charge in [-0.3, -0.25) is 4.79 Å². The van der Waals surface area contributed by atoms with Crippen LogP contribution in [-0.2, 0) is 0 Å². The summed E-state index contributed by atoms with van der Waals surface area (Å²) in [4.78, 5) is 12.0. The van der Waals surface area contributed by atoms with Crippen LogP contribution in [0.3, 0.4) is 0 Å². The van der Waals surface area contributed by atoms with Gasteiger partial charge in [0.25, 0.3) is 5.91 Å². The summed E-state index contributed by atoms with van der Waals surface area (Å²) in [6, 6.07) is 5.19. The van der Waals surface area contributed by atoms with Crippen LogP contribution < -0.4 is 10.6 Å². The third-order valence-electron chi connectivity index (χ3n) is 3.23. The van der Waals surface area contributed by atoms with Crippen LogP contribution >= 0.6 is 0 Å². The molecule has 0 bridgehead atoms. The van der Waals surface area contributed by atoms with Crippen LogP contribution in [0.15, 0.2) is 18.2 Å². The highest BCUT2D eigenvalue weighted by molar-refractivity contribution is 5.97. The maximum Gasteiger partial charge on any atom is 0.255 e. The van der Waals surface area contributed by atoms with Crippen LogP contribution in [0.1, 0.15) is 22.8 Å². The molecule has 92 valence electrons. The predicted octanol–water partition coefficient (Wildman–Crippen LogP) is 1.04. The van der Waals surface area contributed by atoms with Gasteiger partial charge in [0.05, 0.1) is 5.56 Å². The Morgan fingerprint density at radius 2 is 2.24 bits per heavy atom. The Morgan fingerprint density at radius 3 is 2.88 bits per heavy atom. The van der Waals surface area contributed by atoms with Crippen molar-refractivity contribution < 1.29 is 9.90 Å². The number of amides is 1. The van der Waals surface area contributed by atoms with E-state index in [-0.39, 0.29) is 17.7 Å². The smallest absolute Gasteiger partial charge is 0.255 e. The van der Waals surface area contributed by atoms with E-state index in [1.165, 1.54) is 0 Å². The van der Waals surface area contributed by atoms with Crippen molar-refractivity contribution in [3.63, 3.8) is 0 Å². The first-order valence-corrected chi connectivity index (χ1v) is 5.89. The van der Waals surface area contributed by atoms with Crippen molar-refractivity contribution in [1.29, 1.82) is 0 Å². The molecule has 2 atom stereocenters. The first-order chi connectivity index (χ1) is 8.08. The van der Waals surface area contributed by atoms with Crippen LogP contribution in [0.4, 0.5) is 0 Å². The van der Waals surface area contributed by atoms with E-state index in [0.717, 1.165) is 18.7 Å². The molecular formula is C13H18N2O2. The summed E-state index contributed by atoms with van der Waals surface area (Å²) in [6.07, 6.45) is 0. The third kappa shape index (κ3) is 2.58. The van der Waals surface area contributed by atoms with Gasteiger partial charge in [0.2, 0.25) is 0 Å². The second kappa shape index (κ2) is 4.75. The van der Waals surface area contributed by atoms with Crippen molar-refractivity contribution in [1.82, 2.24) is 10.6 Å². The molecule has 0 aliphatic carbocycles. The largest absolute Gasteiger partial charge is 0.507 e. The van der Waals surface area contributed by atoms with Gasteiger partial charge in [0, 0.05) is 12.6 Å². The van der Waals surface area contributed by atoms with Crippen molar-refractivity contribution in [3.8, 4) is 5.75 Å². The summed E-state index contributed by atoms with van der Waals surface area (Å²) in [5.41, 5.74) is 1.31. The van der Waals surface area contributed by atoms with E-state index in [2.05, 4.69) is 17.6 Å². The zero-order valence-electron chi connectivity index (χ0n) is 10.2. The molecule has 1 aromatic carbocycles. The second-order valence-corrected chi connectivity index (χ2v) is 4.74. The minimum absolute atomic E-state index is 0.0340. The lowest BCUT2D eigenvalue weighted by Crippen LogP contribution is -2.39. The van der Waals surface area contributed by atoms with Gasteiger partial charge < -0.3 is 15.7 Å². The van der Waals surface area contributed by atoms with Crippen molar-refractivity contribution in [3.05, 3.63) is 29.3 Å². The van der Waals surface area contributed by atoms with Gasteiger partial charge in [0.15, 0.2) is 0 Å². The second-order valence-electron chi connectivity index (χ2n) is 4.74. The van der Waals surface area contributed by atoms with Crippen LogP contribution in [0, 0.1) is 12.8 Å². The molecule has 2 unspecified atom stereocenters. The van der Waals surface area contributed by atoms with Gasteiger partial charge in [0.1, 0.15) is 5.75 Å². The molecule has 1 heterocycles. The summed E-state index contributed by atoms with van der Waals surface area (Å²) >= 11 is 0. The van der Waals surface area contributed by atoms with Crippen LogP contribution in [-0.4, -0.2) is 30.1 Å². The van der Waals surface area contributed by atoms with E-state index in [1.54, 1.807) is 18.2 Å². The minimum atomic E-state index is -0.202. The highest BCUT2D eigenvalue weighted by atomic mass is 16.3. The average molecular weight is 234 g/mol. The first-order valence-electron chi connectivity index (χ1n) is 5.89. The lowest BCUT2D eigenvalue weighted by molar-refractivity contribution is 0.0930. The maximum atomic E-state index is 12.0. The number of benzene rings is 1. The van der Waals surface area contributed by atoms with Crippen molar-refractivity contribution in [2.45, 2.75) is 19.9 Å². The molecule has 1 saturated heterocycles. The topological polar surface area (TPSA) is 61.4 Å². The zero-order valence-corrected chi connectivity index (χ0v) is 10.2. The number of nitrogens with one attached hydrogen (secondary N) is 2. The average Bonchev–Trinajstić information content (AvgIpc) is 2.68. The van der Waals surface area contributed by atoms with Gasteiger partial charge in [-0.1, -0.05) is 18.6 Å². The molecule has 1 fully saturated rings. The monoisotopic (exact) mass is 234 g/mol. The maximum absolute atomic E-state index is 12.0. The van der Waals surface area contributed by atoms with E-state index in [4.69, 9.17) is 0 Å². The molecule has 17 heavy (non-hydrogen) atoms. The van der Waals surface area contributed by atoms with Gasteiger partial charge >= 0.3 is 0 Å². The molecule has 0 spiro atoms. The Kier molecular flexibility index (Phi) is 3.33. The van der Waals surface area contributed by atoms with Crippen molar-refractivity contribution in [2.75, 3.05) is 13.1 Å². The van der Waals surface area contributed by atoms with Crippen molar-refractivity contribution in [2.24, 2.45) is 5.92 Å². The van der Waals surface area contributed by atoms with E-state index >= 15 is 0 Å². The number of aromatic hydroxyl groups is 1. The number of hydrogen-bond acceptors (Lipinski definition) is 3. The summed E-state index contributed by atoms with van der Waals surface area (Å²) in [6.45, 7) is 5.71. The molecule has 1 aliphatic heterocycles. The van der Waals surface area contributed by atoms with E-state index in [1.807, 2.05) is 6.92 Å². The summed E-state index contributed by atoms with van der Waals surface area (Å²) in [5, 5.41) is 15.8. The number of carbonyl (C=O) groups excluding carboxylic acids is 1.